The van der Waals surface area contributed by atoms with Crippen molar-refractivity contribution < 1.29 is 38.6 Å². The van der Waals surface area contributed by atoms with Gasteiger partial charge in [-0.3, -0.25) is 4.89 Å². The lowest BCUT2D eigenvalue weighted by Crippen LogP contribution is -2.13. The molecular weight excluding hydrogens is 284 g/mol. The van der Waals surface area contributed by atoms with E-state index in [0.717, 1.165) is 0 Å². The van der Waals surface area contributed by atoms with E-state index in [-0.39, 0.29) is 17.9 Å². The summed E-state index contributed by atoms with van der Waals surface area (Å²) in [6.45, 7) is 1.98. The number of hydrogen-bond acceptors (Lipinski definition) is 8. The van der Waals surface area contributed by atoms with Gasteiger partial charge in [-0.05, 0) is 18.6 Å². The van der Waals surface area contributed by atoms with Crippen molar-refractivity contribution in [1.82, 2.24) is 0 Å². The summed E-state index contributed by atoms with van der Waals surface area (Å²) >= 11 is 0. The lowest BCUT2D eigenvalue weighted by Gasteiger charge is -2.08. The van der Waals surface area contributed by atoms with E-state index < -0.39 is 12.1 Å². The smallest absolute Gasteiger partial charge is 0.497 e. The molecule has 0 bridgehead atoms. The van der Waals surface area contributed by atoms with Crippen molar-refractivity contribution in [3.63, 3.8) is 0 Å². The molecular formula is C13H16O8. The van der Waals surface area contributed by atoms with E-state index in [2.05, 4.69) is 19.6 Å². The maximum Gasteiger partial charge on any atom is 0.543 e. The van der Waals surface area contributed by atoms with Gasteiger partial charge in [0.1, 0.15) is 17.1 Å². The molecule has 116 valence electrons. The molecule has 0 aromatic heterocycles. The molecule has 8 heteroatoms. The summed E-state index contributed by atoms with van der Waals surface area (Å²) in [5, 5.41) is 4.05. The highest BCUT2D eigenvalue weighted by molar-refractivity contribution is 5.92. The molecule has 0 radical (unpaired) electrons. The van der Waals surface area contributed by atoms with Crippen LogP contribution >= 0.6 is 0 Å². The molecule has 8 nitrogen and oxygen atoms in total. The molecule has 0 aliphatic rings. The minimum absolute atomic E-state index is 0.0730. The van der Waals surface area contributed by atoms with Gasteiger partial charge in [-0.1, -0.05) is 6.92 Å². The monoisotopic (exact) mass is 300 g/mol. The van der Waals surface area contributed by atoms with E-state index >= 15 is 0 Å². The van der Waals surface area contributed by atoms with Gasteiger partial charge in [0.05, 0.1) is 25.9 Å². The molecule has 0 spiro atoms. The Balaban J connectivity index is 2.54. The molecule has 0 N–H and O–H groups in total. The molecule has 0 amide bonds. The molecule has 0 saturated carbocycles. The fraction of sp³-hybridized carbons (Fsp3) is 0.385. The van der Waals surface area contributed by atoms with Crippen molar-refractivity contribution in [1.29, 1.82) is 0 Å². The first-order chi connectivity index (χ1) is 10.1. The summed E-state index contributed by atoms with van der Waals surface area (Å²) in [4.78, 5) is 31.0. The van der Waals surface area contributed by atoms with Gasteiger partial charge in [-0.25, -0.2) is 14.5 Å². The third kappa shape index (κ3) is 5.19. The van der Waals surface area contributed by atoms with Crippen LogP contribution in [0.25, 0.3) is 0 Å². The summed E-state index contributed by atoms with van der Waals surface area (Å²) < 4.78 is 14.5. The zero-order valence-corrected chi connectivity index (χ0v) is 11.9. The second-order valence-electron chi connectivity index (χ2n) is 3.69. The third-order valence-electron chi connectivity index (χ3n) is 2.26. The van der Waals surface area contributed by atoms with Gasteiger partial charge in [0.15, 0.2) is 0 Å². The van der Waals surface area contributed by atoms with Crippen LogP contribution in [-0.2, 0) is 19.6 Å². The predicted octanol–water partition coefficient (Wildman–Crippen LogP) is 2.27. The Morgan fingerprint density at radius 3 is 2.48 bits per heavy atom. The lowest BCUT2D eigenvalue weighted by atomic mass is 10.2. The minimum atomic E-state index is -1.11. The number of benzene rings is 1. The molecule has 21 heavy (non-hydrogen) atoms. The standard InChI is InChI=1S/C13H16O8/c1-4-7-18-13(15)20-21-19-12(14)10-6-5-9(16-2)8-11(10)17-3/h5-6,8H,4,7H2,1-3H3. The summed E-state index contributed by atoms with van der Waals surface area (Å²) in [7, 11) is 2.86. The van der Waals surface area contributed by atoms with Crippen molar-refractivity contribution in [2.75, 3.05) is 20.8 Å². The maximum atomic E-state index is 11.7. The Bertz CT molecular complexity index is 485. The largest absolute Gasteiger partial charge is 0.543 e. The Morgan fingerprint density at radius 1 is 1.10 bits per heavy atom. The topological polar surface area (TPSA) is 89.5 Å². The fourth-order valence-electron chi connectivity index (χ4n) is 1.30. The molecule has 0 saturated heterocycles. The summed E-state index contributed by atoms with van der Waals surface area (Å²) in [5.41, 5.74) is 0.0730. The first-order valence-electron chi connectivity index (χ1n) is 6.06. The van der Waals surface area contributed by atoms with Gasteiger partial charge in [-0.2, -0.15) is 0 Å². The van der Waals surface area contributed by atoms with E-state index in [1.807, 2.05) is 6.92 Å². The minimum Gasteiger partial charge on any atom is -0.497 e. The fourth-order valence-corrected chi connectivity index (χ4v) is 1.30. The SMILES string of the molecule is CCCOC(=O)OOOC(=O)c1ccc(OC)cc1OC. The van der Waals surface area contributed by atoms with E-state index in [1.165, 1.54) is 32.4 Å². The van der Waals surface area contributed by atoms with Crippen LogP contribution in [0, 0.1) is 0 Å². The van der Waals surface area contributed by atoms with Gasteiger partial charge in [0, 0.05) is 6.07 Å². The number of carbonyl (C=O) groups is 2. The number of rotatable bonds is 7. The summed E-state index contributed by atoms with van der Waals surface area (Å²) in [6.07, 6.45) is -0.482. The zero-order chi connectivity index (χ0) is 15.7. The second kappa shape index (κ2) is 8.64. The third-order valence-corrected chi connectivity index (χ3v) is 2.26. The zero-order valence-electron chi connectivity index (χ0n) is 11.9. The Morgan fingerprint density at radius 2 is 1.86 bits per heavy atom. The maximum absolute atomic E-state index is 11.7. The van der Waals surface area contributed by atoms with Crippen LogP contribution in [0.4, 0.5) is 4.79 Å². The van der Waals surface area contributed by atoms with Crippen LogP contribution in [0.15, 0.2) is 18.2 Å². The molecule has 0 atom stereocenters. The van der Waals surface area contributed by atoms with E-state index in [1.54, 1.807) is 0 Å². The van der Waals surface area contributed by atoms with Crippen LogP contribution in [0.1, 0.15) is 23.7 Å². The molecule has 0 fully saturated rings. The van der Waals surface area contributed by atoms with Gasteiger partial charge in [-0.15, -0.1) is 0 Å². The van der Waals surface area contributed by atoms with Crippen molar-refractivity contribution in [3.05, 3.63) is 23.8 Å². The average molecular weight is 300 g/mol. The van der Waals surface area contributed by atoms with Gasteiger partial charge in [0.2, 0.25) is 0 Å². The molecule has 0 aliphatic heterocycles. The number of ether oxygens (including phenoxy) is 3. The van der Waals surface area contributed by atoms with E-state index in [0.29, 0.717) is 12.2 Å². The molecule has 0 unspecified atom stereocenters. The molecule has 1 aromatic carbocycles. The quantitative estimate of drug-likeness (QED) is 0.430. The molecule has 0 aliphatic carbocycles. The van der Waals surface area contributed by atoms with Crippen LogP contribution in [0.5, 0.6) is 11.5 Å². The lowest BCUT2D eigenvalue weighted by molar-refractivity contribution is -0.452. The molecule has 1 aromatic rings. The average Bonchev–Trinajstić information content (AvgIpc) is 2.51. The Labute approximate surface area is 121 Å². The predicted molar refractivity (Wildman–Crippen MR) is 68.8 cm³/mol. The van der Waals surface area contributed by atoms with Crippen molar-refractivity contribution in [3.8, 4) is 11.5 Å². The van der Waals surface area contributed by atoms with E-state index in [9.17, 15) is 9.59 Å². The summed E-state index contributed by atoms with van der Waals surface area (Å²) in [5.74, 6) is -0.182. The summed E-state index contributed by atoms with van der Waals surface area (Å²) in [6, 6.07) is 4.45. The van der Waals surface area contributed by atoms with Gasteiger partial charge >= 0.3 is 12.1 Å². The number of hydrogen-bond donors (Lipinski definition) is 0. The van der Waals surface area contributed by atoms with Gasteiger partial charge < -0.3 is 14.2 Å². The Hall–Kier alpha value is -2.48. The van der Waals surface area contributed by atoms with Crippen molar-refractivity contribution in [2.24, 2.45) is 0 Å². The highest BCUT2D eigenvalue weighted by Gasteiger charge is 2.17. The molecule has 0 heterocycles. The van der Waals surface area contributed by atoms with Crippen LogP contribution in [-0.4, -0.2) is 33.0 Å². The number of carbonyl (C=O) groups excluding carboxylic acids is 2. The van der Waals surface area contributed by atoms with Crippen LogP contribution in [0.3, 0.4) is 0 Å². The highest BCUT2D eigenvalue weighted by Crippen LogP contribution is 2.25. The van der Waals surface area contributed by atoms with Crippen LogP contribution in [0.2, 0.25) is 0 Å². The highest BCUT2D eigenvalue weighted by atomic mass is 17.5. The first-order valence-corrected chi connectivity index (χ1v) is 6.06. The normalized spacial score (nSPS) is 9.67. The van der Waals surface area contributed by atoms with Gasteiger partial charge in [0.25, 0.3) is 0 Å². The van der Waals surface area contributed by atoms with Crippen molar-refractivity contribution >= 4 is 12.1 Å². The molecule has 1 rings (SSSR count). The first kappa shape index (κ1) is 16.6. The number of methoxy groups -OCH3 is 2. The van der Waals surface area contributed by atoms with Crippen molar-refractivity contribution in [2.45, 2.75) is 13.3 Å². The van der Waals surface area contributed by atoms with E-state index in [4.69, 9.17) is 9.47 Å². The second-order valence-corrected chi connectivity index (χ2v) is 3.69. The Kier molecular flexibility index (Phi) is 6.82. The van der Waals surface area contributed by atoms with Crippen LogP contribution < -0.4 is 9.47 Å².